The molecule has 25 heavy (non-hydrogen) atoms. The van der Waals surface area contributed by atoms with Crippen LogP contribution in [0.4, 0.5) is 18.9 Å². The van der Waals surface area contributed by atoms with Crippen molar-refractivity contribution in [3.8, 4) is 6.07 Å². The summed E-state index contributed by atoms with van der Waals surface area (Å²) in [6.07, 6.45) is -3.84. The minimum absolute atomic E-state index is 0.0128. The maximum absolute atomic E-state index is 13.0. The van der Waals surface area contributed by atoms with Crippen molar-refractivity contribution < 1.29 is 27.9 Å². The number of carboxylic acid groups (broad SMARTS) is 1. The van der Waals surface area contributed by atoms with Gasteiger partial charge in [0.25, 0.3) is 5.91 Å². The molecule has 6 nitrogen and oxygen atoms in total. The van der Waals surface area contributed by atoms with Crippen molar-refractivity contribution in [2.24, 2.45) is 0 Å². The predicted molar refractivity (Wildman–Crippen MR) is 83.7 cm³/mol. The molecule has 0 radical (unpaired) electrons. The highest BCUT2D eigenvalue weighted by Gasteiger charge is 2.33. The van der Waals surface area contributed by atoms with Gasteiger partial charge in [-0.2, -0.15) is 18.4 Å². The van der Waals surface area contributed by atoms with E-state index in [0.717, 1.165) is 18.3 Å². The predicted octanol–water partition coefficient (Wildman–Crippen LogP) is 3.16. The summed E-state index contributed by atoms with van der Waals surface area (Å²) in [6, 6.07) is 4.57. The fourth-order valence-electron chi connectivity index (χ4n) is 1.71. The molecule has 0 spiro atoms. The molecule has 10 heteroatoms. The second-order valence-corrected chi connectivity index (χ2v) is 5.19. The highest BCUT2D eigenvalue weighted by Crippen LogP contribution is 2.36. The van der Waals surface area contributed by atoms with Crippen molar-refractivity contribution in [1.29, 1.82) is 5.26 Å². The summed E-state index contributed by atoms with van der Waals surface area (Å²) >= 11 is 5.56. The van der Waals surface area contributed by atoms with Crippen LogP contribution in [0, 0.1) is 11.3 Å². The first-order chi connectivity index (χ1) is 11.6. The van der Waals surface area contributed by atoms with E-state index < -0.39 is 29.2 Å². The molecular weight excluding hydrogens is 363 g/mol. The molecule has 0 saturated heterocycles. The third-order valence-electron chi connectivity index (χ3n) is 2.88. The van der Waals surface area contributed by atoms with Gasteiger partial charge in [0.15, 0.2) is 0 Å². The van der Waals surface area contributed by atoms with Crippen LogP contribution in [-0.2, 0) is 15.8 Å². The molecule has 1 aromatic carbocycles. The molecule has 134 valence electrons. The number of nitrogens with zero attached hydrogens (tertiary/aromatic N) is 1. The number of nitriles is 1. The largest absolute Gasteiger partial charge is 0.481 e. The van der Waals surface area contributed by atoms with E-state index in [9.17, 15) is 22.8 Å². The summed E-state index contributed by atoms with van der Waals surface area (Å²) in [6.45, 7) is 0.0128. The van der Waals surface area contributed by atoms with Gasteiger partial charge in [0.05, 0.1) is 11.3 Å². The lowest BCUT2D eigenvalue weighted by atomic mass is 10.1. The summed E-state index contributed by atoms with van der Waals surface area (Å²) in [5, 5.41) is 21.9. The molecule has 0 heterocycles. The number of aliphatic carboxylic acids is 1. The summed E-state index contributed by atoms with van der Waals surface area (Å²) in [5.41, 5.74) is -1.88. The van der Waals surface area contributed by atoms with Crippen molar-refractivity contribution in [3.05, 3.63) is 40.6 Å². The fraction of sp³-hybridized carbons (Fsp3) is 0.267. The molecule has 0 aliphatic carbocycles. The minimum Gasteiger partial charge on any atom is -0.481 e. The van der Waals surface area contributed by atoms with Crippen LogP contribution in [0.5, 0.6) is 0 Å². The molecule has 0 unspecified atom stereocenters. The Morgan fingerprint density at radius 1 is 1.36 bits per heavy atom. The Balaban J connectivity index is 2.83. The quantitative estimate of drug-likeness (QED) is 0.386. The number of carbonyl (C=O) groups excluding carboxylic acids is 1. The van der Waals surface area contributed by atoms with Gasteiger partial charge in [-0.25, -0.2) is 0 Å². The van der Waals surface area contributed by atoms with Crippen LogP contribution < -0.4 is 10.6 Å². The summed E-state index contributed by atoms with van der Waals surface area (Å²) in [4.78, 5) is 22.1. The zero-order valence-corrected chi connectivity index (χ0v) is 13.4. The molecular formula is C15H13ClF3N3O3. The Morgan fingerprint density at radius 2 is 2.04 bits per heavy atom. The van der Waals surface area contributed by atoms with Crippen LogP contribution in [0.3, 0.4) is 0 Å². The molecule has 1 rings (SSSR count). The lowest BCUT2D eigenvalue weighted by Crippen LogP contribution is -2.26. The van der Waals surface area contributed by atoms with Crippen LogP contribution in [0.15, 0.2) is 30.0 Å². The van der Waals surface area contributed by atoms with E-state index in [2.05, 4.69) is 10.6 Å². The third-order valence-corrected chi connectivity index (χ3v) is 3.11. The molecule has 3 N–H and O–H groups in total. The normalized spacial score (nSPS) is 11.6. The molecule has 0 aromatic heterocycles. The summed E-state index contributed by atoms with van der Waals surface area (Å²) in [5.74, 6) is -1.86. The molecule has 0 aliphatic rings. The maximum atomic E-state index is 13.0. The van der Waals surface area contributed by atoms with Gasteiger partial charge in [0.2, 0.25) is 0 Å². The molecule has 0 bridgehead atoms. The Bertz CT molecular complexity index is 727. The average Bonchev–Trinajstić information content (AvgIpc) is 2.52. The van der Waals surface area contributed by atoms with Gasteiger partial charge < -0.3 is 15.7 Å². The topological polar surface area (TPSA) is 102 Å². The Hall–Kier alpha value is -2.73. The van der Waals surface area contributed by atoms with Gasteiger partial charge in [-0.15, -0.1) is 0 Å². The van der Waals surface area contributed by atoms with E-state index in [-0.39, 0.29) is 30.1 Å². The average molecular weight is 376 g/mol. The number of carboxylic acids is 1. The molecule has 0 aliphatic heterocycles. The Kier molecular flexibility index (Phi) is 7.26. The summed E-state index contributed by atoms with van der Waals surface area (Å²) in [7, 11) is 0. The van der Waals surface area contributed by atoms with Crippen molar-refractivity contribution in [1.82, 2.24) is 5.32 Å². The van der Waals surface area contributed by atoms with E-state index in [0.29, 0.717) is 0 Å². The van der Waals surface area contributed by atoms with Crippen molar-refractivity contribution in [2.75, 3.05) is 11.9 Å². The number of carbonyl (C=O) groups is 2. The zero-order valence-electron chi connectivity index (χ0n) is 12.7. The van der Waals surface area contributed by atoms with Gasteiger partial charge in [-0.3, -0.25) is 9.59 Å². The lowest BCUT2D eigenvalue weighted by molar-refractivity contribution is -0.138. The number of rotatable bonds is 7. The van der Waals surface area contributed by atoms with Crippen LogP contribution in [-0.4, -0.2) is 23.5 Å². The zero-order chi connectivity index (χ0) is 19.0. The van der Waals surface area contributed by atoms with Gasteiger partial charge in [0.1, 0.15) is 11.6 Å². The van der Waals surface area contributed by atoms with Gasteiger partial charge in [0, 0.05) is 24.2 Å². The highest BCUT2D eigenvalue weighted by atomic mass is 35.5. The van der Waals surface area contributed by atoms with Crippen LogP contribution in [0.25, 0.3) is 0 Å². The number of amides is 1. The van der Waals surface area contributed by atoms with Crippen molar-refractivity contribution >= 4 is 29.2 Å². The minimum atomic E-state index is -4.67. The van der Waals surface area contributed by atoms with Crippen molar-refractivity contribution in [3.63, 3.8) is 0 Å². The van der Waals surface area contributed by atoms with E-state index in [1.54, 1.807) is 6.07 Å². The standard InChI is InChI=1S/C15H13ClF3N3O3/c16-10-3-4-12(11(6-10)15(17,18)19)22-8-9(7-20)14(25)21-5-1-2-13(23)24/h3-4,6,8,22H,1-2,5H2,(H,21,25)(H,23,24)/b9-8-. The van der Waals surface area contributed by atoms with E-state index in [4.69, 9.17) is 22.0 Å². The van der Waals surface area contributed by atoms with Crippen molar-refractivity contribution in [2.45, 2.75) is 19.0 Å². The lowest BCUT2D eigenvalue weighted by Gasteiger charge is -2.13. The van der Waals surface area contributed by atoms with Crippen LogP contribution in [0.2, 0.25) is 5.02 Å². The second-order valence-electron chi connectivity index (χ2n) is 4.76. The molecule has 1 aromatic rings. The number of benzene rings is 1. The third kappa shape index (κ3) is 6.73. The van der Waals surface area contributed by atoms with Crippen LogP contribution >= 0.6 is 11.6 Å². The highest BCUT2D eigenvalue weighted by molar-refractivity contribution is 6.30. The second kappa shape index (κ2) is 8.94. The first kappa shape index (κ1) is 20.3. The van der Waals surface area contributed by atoms with Gasteiger partial charge in [-0.1, -0.05) is 11.6 Å². The smallest absolute Gasteiger partial charge is 0.418 e. The first-order valence-corrected chi connectivity index (χ1v) is 7.26. The maximum Gasteiger partial charge on any atom is 0.418 e. The number of hydrogen-bond donors (Lipinski definition) is 3. The number of hydrogen-bond acceptors (Lipinski definition) is 4. The van der Waals surface area contributed by atoms with E-state index in [1.807, 2.05) is 0 Å². The molecule has 0 saturated carbocycles. The Labute approximate surface area is 145 Å². The first-order valence-electron chi connectivity index (χ1n) is 6.88. The number of halogens is 4. The number of alkyl halides is 3. The fourth-order valence-corrected chi connectivity index (χ4v) is 1.88. The van der Waals surface area contributed by atoms with E-state index >= 15 is 0 Å². The molecule has 0 fully saturated rings. The number of nitrogens with one attached hydrogen (secondary N) is 2. The number of anilines is 1. The van der Waals surface area contributed by atoms with Gasteiger partial charge >= 0.3 is 12.1 Å². The SMILES string of the molecule is N#C/C(=C/Nc1ccc(Cl)cc1C(F)(F)F)C(=O)NCCCC(=O)O. The Morgan fingerprint density at radius 3 is 2.60 bits per heavy atom. The summed E-state index contributed by atoms with van der Waals surface area (Å²) < 4.78 is 38.9. The monoisotopic (exact) mass is 375 g/mol. The van der Waals surface area contributed by atoms with Gasteiger partial charge in [-0.05, 0) is 24.6 Å². The molecule has 0 atom stereocenters. The molecule has 1 amide bonds. The van der Waals surface area contributed by atoms with Crippen LogP contribution in [0.1, 0.15) is 18.4 Å². The van der Waals surface area contributed by atoms with E-state index in [1.165, 1.54) is 6.07 Å².